The topological polar surface area (TPSA) is 172 Å². The molecule has 5 N–H and O–H groups in total. The summed E-state index contributed by atoms with van der Waals surface area (Å²) in [5.41, 5.74) is 0.598. The minimum absolute atomic E-state index is 0.0489. The molecule has 38 heavy (non-hydrogen) atoms. The van der Waals surface area contributed by atoms with E-state index in [9.17, 15) is 35.1 Å². The normalized spacial score (nSPS) is 22.9. The fraction of sp³-hybridized carbons (Fsp3) is 0.259. The second-order valence-corrected chi connectivity index (χ2v) is 8.48. The highest BCUT2D eigenvalue weighted by Crippen LogP contribution is 2.31. The molecular formula is C27H26O11. The number of esters is 2. The number of rotatable bonds is 8. The highest BCUT2D eigenvalue weighted by molar-refractivity contribution is 5.90. The SMILES string of the molecule is O=C(OCc1cc(O)ccc1O[C@@H]1O[C@H](CO)[C@@H](O)[C@@H](OC(=O)c2ccc(O)cc2)[C@H]1O)c1ccccc1. The molecule has 1 heterocycles. The maximum atomic E-state index is 12.6. The molecule has 4 rings (SSSR count). The van der Waals surface area contributed by atoms with E-state index in [2.05, 4.69) is 0 Å². The van der Waals surface area contributed by atoms with E-state index in [4.69, 9.17) is 18.9 Å². The van der Waals surface area contributed by atoms with Gasteiger partial charge in [0.1, 0.15) is 36.1 Å². The third kappa shape index (κ3) is 6.21. The Kier molecular flexibility index (Phi) is 8.44. The summed E-state index contributed by atoms with van der Waals surface area (Å²) in [6.45, 7) is -0.982. The number of phenols is 2. The predicted octanol–water partition coefficient (Wildman–Crippen LogP) is 1.50. The molecule has 1 saturated heterocycles. The molecule has 0 radical (unpaired) electrons. The van der Waals surface area contributed by atoms with E-state index >= 15 is 0 Å². The van der Waals surface area contributed by atoms with E-state index in [-0.39, 0.29) is 35.0 Å². The van der Waals surface area contributed by atoms with Crippen LogP contribution in [0.25, 0.3) is 0 Å². The minimum atomic E-state index is -1.71. The van der Waals surface area contributed by atoms with Crippen LogP contribution in [0.15, 0.2) is 72.8 Å². The fourth-order valence-corrected chi connectivity index (χ4v) is 3.80. The number of phenolic OH excluding ortho intramolecular Hbond substituents is 2. The zero-order valence-electron chi connectivity index (χ0n) is 19.9. The molecular weight excluding hydrogens is 500 g/mol. The van der Waals surface area contributed by atoms with Gasteiger partial charge in [0.25, 0.3) is 0 Å². The molecule has 5 atom stereocenters. The molecule has 11 nitrogen and oxygen atoms in total. The smallest absolute Gasteiger partial charge is 0.338 e. The number of ether oxygens (including phenoxy) is 4. The monoisotopic (exact) mass is 526 g/mol. The Labute approximate surface area is 217 Å². The van der Waals surface area contributed by atoms with Crippen LogP contribution in [0.4, 0.5) is 0 Å². The first-order valence-electron chi connectivity index (χ1n) is 11.6. The van der Waals surface area contributed by atoms with Gasteiger partial charge in [-0.05, 0) is 54.6 Å². The number of carbonyl (C=O) groups is 2. The van der Waals surface area contributed by atoms with Gasteiger partial charge >= 0.3 is 11.9 Å². The molecule has 1 aliphatic heterocycles. The maximum Gasteiger partial charge on any atom is 0.338 e. The molecule has 0 bridgehead atoms. The number of hydrogen-bond donors (Lipinski definition) is 5. The molecule has 1 aliphatic rings. The van der Waals surface area contributed by atoms with Gasteiger partial charge in [-0.15, -0.1) is 0 Å². The van der Waals surface area contributed by atoms with Gasteiger partial charge in [0, 0.05) is 5.56 Å². The first-order valence-corrected chi connectivity index (χ1v) is 11.6. The fourth-order valence-electron chi connectivity index (χ4n) is 3.80. The summed E-state index contributed by atoms with van der Waals surface area (Å²) in [7, 11) is 0. The van der Waals surface area contributed by atoms with Crippen LogP contribution in [-0.4, -0.2) is 74.8 Å². The molecule has 11 heteroatoms. The van der Waals surface area contributed by atoms with Gasteiger partial charge in [-0.3, -0.25) is 0 Å². The van der Waals surface area contributed by atoms with Crippen molar-refractivity contribution in [2.45, 2.75) is 37.3 Å². The molecule has 1 fully saturated rings. The molecule has 0 aliphatic carbocycles. The summed E-state index contributed by atoms with van der Waals surface area (Å²) in [4.78, 5) is 24.9. The standard InChI is InChI=1S/C27H26O11/c28-13-21-22(31)24(38-26(34)16-6-8-18(29)9-7-16)23(32)27(37-21)36-20-11-10-19(30)12-17(20)14-35-25(33)15-4-2-1-3-5-15/h1-12,21-24,27-32H,13-14H2/t21-,22-,23-,24-,27-/m1/s1. The van der Waals surface area contributed by atoms with Crippen molar-refractivity contribution in [1.29, 1.82) is 0 Å². The van der Waals surface area contributed by atoms with E-state index in [1.807, 2.05) is 0 Å². The Morgan fingerprint density at radius 3 is 2.16 bits per heavy atom. The highest BCUT2D eigenvalue weighted by atomic mass is 16.7. The van der Waals surface area contributed by atoms with Gasteiger partial charge in [-0.25, -0.2) is 9.59 Å². The van der Waals surface area contributed by atoms with Crippen LogP contribution in [0.2, 0.25) is 0 Å². The lowest BCUT2D eigenvalue weighted by molar-refractivity contribution is -0.277. The van der Waals surface area contributed by atoms with Crippen molar-refractivity contribution >= 4 is 11.9 Å². The molecule has 0 amide bonds. The van der Waals surface area contributed by atoms with Crippen LogP contribution < -0.4 is 4.74 Å². The first-order chi connectivity index (χ1) is 18.3. The van der Waals surface area contributed by atoms with E-state index in [1.165, 1.54) is 42.5 Å². The molecule has 0 spiro atoms. The van der Waals surface area contributed by atoms with Crippen LogP contribution in [0.3, 0.4) is 0 Å². The number of benzene rings is 3. The summed E-state index contributed by atoms with van der Waals surface area (Å²) in [6.07, 6.45) is -7.66. The highest BCUT2D eigenvalue weighted by Gasteiger charge is 2.48. The van der Waals surface area contributed by atoms with Crippen molar-refractivity contribution in [3.8, 4) is 17.2 Å². The lowest BCUT2D eigenvalue weighted by Gasteiger charge is -2.41. The van der Waals surface area contributed by atoms with Gasteiger partial charge in [0.05, 0.1) is 17.7 Å². The summed E-state index contributed by atoms with van der Waals surface area (Å²) < 4.78 is 21.9. The second-order valence-electron chi connectivity index (χ2n) is 8.48. The van der Waals surface area contributed by atoms with Crippen molar-refractivity contribution in [1.82, 2.24) is 0 Å². The van der Waals surface area contributed by atoms with Crippen LogP contribution in [0.1, 0.15) is 26.3 Å². The Morgan fingerprint density at radius 2 is 1.47 bits per heavy atom. The van der Waals surface area contributed by atoms with Crippen LogP contribution >= 0.6 is 0 Å². The third-order valence-corrected chi connectivity index (χ3v) is 5.82. The second kappa shape index (κ2) is 11.9. The molecule has 3 aromatic rings. The van der Waals surface area contributed by atoms with Crippen molar-refractivity contribution in [3.05, 3.63) is 89.5 Å². The van der Waals surface area contributed by atoms with E-state index in [0.29, 0.717) is 5.56 Å². The summed E-state index contributed by atoms with van der Waals surface area (Å²) in [5.74, 6) is -1.66. The molecule has 0 unspecified atom stereocenters. The Hall–Kier alpha value is -4.16. The van der Waals surface area contributed by atoms with Crippen molar-refractivity contribution < 1.29 is 54.1 Å². The molecule has 200 valence electrons. The zero-order chi connectivity index (χ0) is 27.2. The van der Waals surface area contributed by atoms with E-state index < -0.39 is 49.3 Å². The van der Waals surface area contributed by atoms with Crippen LogP contribution in [0, 0.1) is 0 Å². The van der Waals surface area contributed by atoms with Gasteiger partial charge in [0.15, 0.2) is 12.2 Å². The Balaban J connectivity index is 1.50. The van der Waals surface area contributed by atoms with Crippen molar-refractivity contribution in [2.75, 3.05) is 6.61 Å². The number of hydrogen-bond acceptors (Lipinski definition) is 11. The van der Waals surface area contributed by atoms with Gasteiger partial charge in [-0.1, -0.05) is 18.2 Å². The molecule has 3 aromatic carbocycles. The van der Waals surface area contributed by atoms with Crippen molar-refractivity contribution in [2.24, 2.45) is 0 Å². The Bertz CT molecular complexity index is 1250. The third-order valence-electron chi connectivity index (χ3n) is 5.82. The number of carbonyl (C=O) groups excluding carboxylic acids is 2. The maximum absolute atomic E-state index is 12.6. The lowest BCUT2D eigenvalue weighted by Crippen LogP contribution is -2.61. The number of aromatic hydroxyl groups is 2. The number of aliphatic hydroxyl groups is 3. The Morgan fingerprint density at radius 1 is 0.816 bits per heavy atom. The van der Waals surface area contributed by atoms with Crippen LogP contribution in [0.5, 0.6) is 17.2 Å². The van der Waals surface area contributed by atoms with E-state index in [0.717, 1.165) is 0 Å². The van der Waals surface area contributed by atoms with Crippen molar-refractivity contribution in [3.63, 3.8) is 0 Å². The lowest BCUT2D eigenvalue weighted by atomic mass is 9.98. The average Bonchev–Trinajstić information content (AvgIpc) is 2.93. The van der Waals surface area contributed by atoms with Gasteiger partial charge in [-0.2, -0.15) is 0 Å². The van der Waals surface area contributed by atoms with Gasteiger partial charge in [0.2, 0.25) is 6.29 Å². The molecule has 0 saturated carbocycles. The van der Waals surface area contributed by atoms with Gasteiger partial charge < -0.3 is 44.5 Å². The quantitative estimate of drug-likeness (QED) is 0.269. The average molecular weight is 526 g/mol. The predicted molar refractivity (Wildman–Crippen MR) is 129 cm³/mol. The van der Waals surface area contributed by atoms with E-state index in [1.54, 1.807) is 30.3 Å². The van der Waals surface area contributed by atoms with Crippen LogP contribution in [-0.2, 0) is 20.8 Å². The molecule has 0 aromatic heterocycles. The zero-order valence-corrected chi connectivity index (χ0v) is 19.9. The summed E-state index contributed by atoms with van der Waals surface area (Å²) in [6, 6.07) is 17.3. The first kappa shape index (κ1) is 26.9. The number of aliphatic hydroxyl groups excluding tert-OH is 3. The minimum Gasteiger partial charge on any atom is -0.508 e. The summed E-state index contributed by atoms with van der Waals surface area (Å²) in [5, 5.41) is 50.5. The summed E-state index contributed by atoms with van der Waals surface area (Å²) >= 11 is 0. The largest absolute Gasteiger partial charge is 0.508 e.